The Labute approximate surface area is 61.6 Å². The molecule has 0 aliphatic heterocycles. The van der Waals surface area contributed by atoms with Gasteiger partial charge in [-0.25, -0.2) is 0 Å². The maximum Gasteiger partial charge on any atom is 0.213 e. The van der Waals surface area contributed by atoms with Crippen molar-refractivity contribution in [3.05, 3.63) is 22.1 Å². The van der Waals surface area contributed by atoms with Crippen LogP contribution in [0.3, 0.4) is 0 Å². The Bertz CT molecular complexity index is 241. The minimum atomic E-state index is 0.0632. The van der Waals surface area contributed by atoms with E-state index in [1.807, 2.05) is 0 Å². The molecule has 2 nitrogen and oxygen atoms in total. The van der Waals surface area contributed by atoms with Crippen molar-refractivity contribution in [1.82, 2.24) is 0 Å². The first-order chi connectivity index (χ1) is 4.24. The van der Waals surface area contributed by atoms with Crippen molar-refractivity contribution in [3.8, 4) is 6.07 Å². The molecular formula is C5HCl2NO. The zero-order valence-electron chi connectivity index (χ0n) is 4.19. The normalized spacial score (nSPS) is 9.00. The number of nitriles is 1. The van der Waals surface area contributed by atoms with Crippen LogP contribution in [0.15, 0.2) is 10.5 Å². The van der Waals surface area contributed by atoms with Crippen molar-refractivity contribution < 1.29 is 4.42 Å². The summed E-state index contributed by atoms with van der Waals surface area (Å²) in [5, 5.41) is 8.55. The fourth-order valence-corrected chi connectivity index (χ4v) is 0.677. The molecule has 0 aliphatic carbocycles. The number of rotatable bonds is 0. The van der Waals surface area contributed by atoms with E-state index in [9.17, 15) is 0 Å². The third-order valence-electron chi connectivity index (χ3n) is 0.755. The molecule has 0 unspecified atom stereocenters. The lowest BCUT2D eigenvalue weighted by Gasteiger charge is -1.74. The summed E-state index contributed by atoms with van der Waals surface area (Å²) in [6, 6.07) is 3.12. The Kier molecular flexibility index (Phi) is 1.65. The van der Waals surface area contributed by atoms with Gasteiger partial charge in [-0.05, 0) is 11.6 Å². The van der Waals surface area contributed by atoms with Gasteiger partial charge in [0.15, 0.2) is 0 Å². The van der Waals surface area contributed by atoms with Crippen molar-refractivity contribution in [1.29, 1.82) is 5.26 Å². The molecule has 0 aromatic carbocycles. The van der Waals surface area contributed by atoms with E-state index >= 15 is 0 Å². The molecular weight excluding hydrogens is 161 g/mol. The Balaban J connectivity index is 3.16. The smallest absolute Gasteiger partial charge is 0.213 e. The average molecular weight is 162 g/mol. The molecule has 0 bridgehead atoms. The van der Waals surface area contributed by atoms with E-state index in [1.54, 1.807) is 6.07 Å². The van der Waals surface area contributed by atoms with Gasteiger partial charge in [-0.2, -0.15) is 5.26 Å². The lowest BCUT2D eigenvalue weighted by atomic mass is 10.5. The van der Waals surface area contributed by atoms with Crippen molar-refractivity contribution >= 4 is 23.2 Å². The summed E-state index contributed by atoms with van der Waals surface area (Å²) in [5.41, 5.74) is 0. The highest BCUT2D eigenvalue weighted by Gasteiger charge is 2.04. The van der Waals surface area contributed by atoms with E-state index in [0.717, 1.165) is 0 Å². The topological polar surface area (TPSA) is 36.9 Å². The van der Waals surface area contributed by atoms with Gasteiger partial charge in [0.05, 0.1) is 5.02 Å². The molecule has 4 heteroatoms. The third-order valence-corrected chi connectivity index (χ3v) is 1.41. The first kappa shape index (κ1) is 6.47. The molecule has 1 aromatic heterocycles. The van der Waals surface area contributed by atoms with Gasteiger partial charge in [-0.3, -0.25) is 0 Å². The molecule has 0 saturated heterocycles. The second kappa shape index (κ2) is 2.30. The molecule has 0 atom stereocenters. The van der Waals surface area contributed by atoms with E-state index in [0.29, 0.717) is 0 Å². The lowest BCUT2D eigenvalue weighted by molar-refractivity contribution is 0.555. The van der Waals surface area contributed by atoms with Crippen LogP contribution in [0.25, 0.3) is 0 Å². The highest BCUT2D eigenvalue weighted by Crippen LogP contribution is 2.24. The Morgan fingerprint density at radius 3 is 2.44 bits per heavy atom. The van der Waals surface area contributed by atoms with Crippen LogP contribution in [0.4, 0.5) is 0 Å². The first-order valence-corrected chi connectivity index (χ1v) is 2.84. The molecule has 0 fully saturated rings. The molecule has 1 aromatic rings. The third kappa shape index (κ3) is 1.18. The monoisotopic (exact) mass is 161 g/mol. The van der Waals surface area contributed by atoms with Crippen molar-refractivity contribution in [3.63, 3.8) is 0 Å². The van der Waals surface area contributed by atoms with E-state index in [4.69, 9.17) is 28.5 Å². The van der Waals surface area contributed by atoms with Gasteiger partial charge in [0.2, 0.25) is 11.0 Å². The van der Waals surface area contributed by atoms with Crippen LogP contribution < -0.4 is 0 Å². The fourth-order valence-electron chi connectivity index (χ4n) is 0.402. The summed E-state index contributed by atoms with van der Waals surface area (Å²) in [7, 11) is 0. The Morgan fingerprint density at radius 1 is 1.56 bits per heavy atom. The zero-order valence-corrected chi connectivity index (χ0v) is 5.70. The molecule has 9 heavy (non-hydrogen) atoms. The van der Waals surface area contributed by atoms with Gasteiger partial charge in [0.25, 0.3) is 0 Å². The van der Waals surface area contributed by atoms with Gasteiger partial charge >= 0.3 is 0 Å². The van der Waals surface area contributed by atoms with Crippen LogP contribution in [0.5, 0.6) is 0 Å². The molecule has 1 rings (SSSR count). The molecule has 46 valence electrons. The zero-order chi connectivity index (χ0) is 6.85. The molecule has 0 amide bonds. The highest BCUT2D eigenvalue weighted by atomic mass is 35.5. The summed E-state index contributed by atoms with van der Waals surface area (Å²) < 4.78 is 4.64. The van der Waals surface area contributed by atoms with Crippen molar-refractivity contribution in [2.24, 2.45) is 0 Å². The van der Waals surface area contributed by atoms with Crippen LogP contribution in [0, 0.1) is 11.3 Å². The number of halogens is 2. The van der Waals surface area contributed by atoms with Gasteiger partial charge in [0, 0.05) is 6.07 Å². The maximum atomic E-state index is 8.21. The van der Waals surface area contributed by atoms with Gasteiger partial charge in [0.1, 0.15) is 6.07 Å². The van der Waals surface area contributed by atoms with Crippen LogP contribution in [-0.4, -0.2) is 0 Å². The second-order valence-corrected chi connectivity index (χ2v) is 2.09. The van der Waals surface area contributed by atoms with Crippen LogP contribution in [-0.2, 0) is 0 Å². The predicted molar refractivity (Wildman–Crippen MR) is 33.4 cm³/mol. The highest BCUT2D eigenvalue weighted by molar-refractivity contribution is 6.40. The molecule has 0 aliphatic rings. The predicted octanol–water partition coefficient (Wildman–Crippen LogP) is 2.46. The van der Waals surface area contributed by atoms with Crippen molar-refractivity contribution in [2.75, 3.05) is 0 Å². The molecule has 0 spiro atoms. The van der Waals surface area contributed by atoms with Gasteiger partial charge in [-0.15, -0.1) is 0 Å². The summed E-state index contributed by atoms with van der Waals surface area (Å²) >= 11 is 10.8. The molecule has 0 N–H and O–H groups in total. The molecule has 0 saturated carbocycles. The van der Waals surface area contributed by atoms with Gasteiger partial charge < -0.3 is 4.42 Å². The number of nitrogens with zero attached hydrogens (tertiary/aromatic N) is 1. The largest absolute Gasteiger partial charge is 0.433 e. The summed E-state index contributed by atoms with van der Waals surface area (Å²) in [6.07, 6.45) is 0. The van der Waals surface area contributed by atoms with E-state index in [2.05, 4.69) is 4.42 Å². The average Bonchev–Trinajstić information content (AvgIpc) is 2.13. The van der Waals surface area contributed by atoms with Gasteiger partial charge in [-0.1, -0.05) is 11.6 Å². The fraction of sp³-hybridized carbons (Fsp3) is 0. The van der Waals surface area contributed by atoms with Crippen LogP contribution >= 0.6 is 23.2 Å². The minimum Gasteiger partial charge on any atom is -0.433 e. The molecule has 0 radical (unpaired) electrons. The molecule has 1 heterocycles. The number of hydrogen-bond donors (Lipinski definition) is 0. The quantitative estimate of drug-likeness (QED) is 0.587. The Hall–Kier alpha value is -0.650. The Morgan fingerprint density at radius 2 is 2.22 bits per heavy atom. The summed E-state index contributed by atoms with van der Waals surface area (Å²) in [4.78, 5) is 0. The van der Waals surface area contributed by atoms with E-state index < -0.39 is 0 Å². The SMILES string of the molecule is N#Cc1cc(Cl)c(Cl)o1. The number of furan rings is 1. The van der Waals surface area contributed by atoms with E-state index in [1.165, 1.54) is 6.07 Å². The number of hydrogen-bond acceptors (Lipinski definition) is 2. The summed E-state index contributed by atoms with van der Waals surface area (Å²) in [6.45, 7) is 0. The second-order valence-electron chi connectivity index (χ2n) is 1.34. The van der Waals surface area contributed by atoms with Crippen LogP contribution in [0.1, 0.15) is 5.76 Å². The minimum absolute atomic E-state index is 0.0632. The van der Waals surface area contributed by atoms with E-state index in [-0.39, 0.29) is 16.0 Å². The first-order valence-electron chi connectivity index (χ1n) is 2.09. The standard InChI is InChI=1S/C5HCl2NO/c6-4-1-3(2-8)9-5(4)7/h1H. The van der Waals surface area contributed by atoms with Crippen molar-refractivity contribution in [2.45, 2.75) is 0 Å². The van der Waals surface area contributed by atoms with Crippen LogP contribution in [0.2, 0.25) is 10.2 Å². The summed E-state index contributed by atoms with van der Waals surface area (Å²) in [5.74, 6) is 0.130. The maximum absolute atomic E-state index is 8.21. The lowest BCUT2D eigenvalue weighted by Crippen LogP contribution is -1.55.